The van der Waals surface area contributed by atoms with E-state index in [1.165, 1.54) is 0 Å². The molecule has 0 fully saturated rings. The smallest absolute Gasteiger partial charge is 0.267 e. The van der Waals surface area contributed by atoms with Crippen molar-refractivity contribution in [1.29, 1.82) is 0 Å². The van der Waals surface area contributed by atoms with Crippen molar-refractivity contribution in [2.45, 2.75) is 32.3 Å². The first-order chi connectivity index (χ1) is 9.60. The van der Waals surface area contributed by atoms with Crippen LogP contribution in [0.25, 0.3) is 0 Å². The van der Waals surface area contributed by atoms with Gasteiger partial charge in [-0.05, 0) is 25.5 Å². The molecular weight excluding hydrogens is 256 g/mol. The van der Waals surface area contributed by atoms with Gasteiger partial charge in [0.05, 0.1) is 12.8 Å². The van der Waals surface area contributed by atoms with Gasteiger partial charge < -0.3 is 14.9 Å². The maximum Gasteiger partial charge on any atom is 0.267 e. The molecule has 2 rings (SSSR count). The number of rotatable bonds is 5. The van der Waals surface area contributed by atoms with Crippen LogP contribution in [0.1, 0.15) is 32.3 Å². The lowest BCUT2D eigenvalue weighted by molar-refractivity contribution is -0.141. The summed E-state index contributed by atoms with van der Waals surface area (Å²) in [7, 11) is 1.61. The molecule has 5 nitrogen and oxygen atoms in total. The molecule has 0 saturated heterocycles. The van der Waals surface area contributed by atoms with Crippen molar-refractivity contribution in [1.82, 2.24) is 5.32 Å². The van der Waals surface area contributed by atoms with Crippen LogP contribution in [0.5, 0.6) is 5.75 Å². The molecule has 1 aromatic rings. The zero-order valence-electron chi connectivity index (χ0n) is 12.1. The first-order valence-corrected chi connectivity index (χ1v) is 6.77. The minimum Gasteiger partial charge on any atom is -0.496 e. The van der Waals surface area contributed by atoms with Gasteiger partial charge in [-0.1, -0.05) is 24.2 Å². The van der Waals surface area contributed by atoms with Crippen LogP contribution in [-0.4, -0.2) is 30.9 Å². The third-order valence-corrected chi connectivity index (χ3v) is 3.30. The molecule has 0 saturated carbocycles. The number of nitrogens with zero attached hydrogens (tertiary/aromatic N) is 1. The fourth-order valence-electron chi connectivity index (χ4n) is 2.11. The van der Waals surface area contributed by atoms with E-state index in [9.17, 15) is 4.79 Å². The molecular formula is C15H20N2O3. The van der Waals surface area contributed by atoms with Gasteiger partial charge in [0.2, 0.25) is 5.60 Å². The molecule has 1 aliphatic heterocycles. The molecule has 0 spiro atoms. The first kappa shape index (κ1) is 14.4. The molecule has 1 aliphatic rings. The monoisotopic (exact) mass is 276 g/mol. The van der Waals surface area contributed by atoms with Crippen LogP contribution >= 0.6 is 0 Å². The Morgan fingerprint density at radius 1 is 1.50 bits per heavy atom. The zero-order chi connectivity index (χ0) is 14.6. The number of ether oxygens (including phenoxy) is 1. The number of nitrogens with one attached hydrogen (secondary N) is 1. The van der Waals surface area contributed by atoms with Crippen LogP contribution in [0.2, 0.25) is 0 Å². The number of benzene rings is 1. The summed E-state index contributed by atoms with van der Waals surface area (Å²) < 4.78 is 5.31. The summed E-state index contributed by atoms with van der Waals surface area (Å²) in [6.45, 7) is 4.40. The molecule has 1 aromatic carbocycles. The number of oxime groups is 1. The highest BCUT2D eigenvalue weighted by atomic mass is 16.7. The second-order valence-electron chi connectivity index (χ2n) is 4.99. The lowest BCUT2D eigenvalue weighted by Crippen LogP contribution is -2.45. The molecule has 0 unspecified atom stereocenters. The van der Waals surface area contributed by atoms with Crippen LogP contribution in [0.3, 0.4) is 0 Å². The molecule has 5 heteroatoms. The maximum absolute atomic E-state index is 12.1. The molecule has 108 valence electrons. The van der Waals surface area contributed by atoms with Gasteiger partial charge in [-0.25, -0.2) is 0 Å². The average Bonchev–Trinajstić information content (AvgIpc) is 2.88. The number of carbonyl (C=O) groups excluding carboxylic acids is 1. The average molecular weight is 276 g/mol. The van der Waals surface area contributed by atoms with Crippen molar-refractivity contribution in [3.8, 4) is 5.75 Å². The van der Waals surface area contributed by atoms with Crippen molar-refractivity contribution in [3.63, 3.8) is 0 Å². The molecule has 1 amide bonds. The maximum atomic E-state index is 12.1. The van der Waals surface area contributed by atoms with E-state index in [-0.39, 0.29) is 5.91 Å². The first-order valence-electron chi connectivity index (χ1n) is 6.77. The molecule has 0 aromatic heterocycles. The molecule has 1 atom stereocenters. The molecule has 0 aliphatic carbocycles. The van der Waals surface area contributed by atoms with Crippen LogP contribution in [-0.2, 0) is 9.63 Å². The van der Waals surface area contributed by atoms with Crippen molar-refractivity contribution in [3.05, 3.63) is 29.8 Å². The van der Waals surface area contributed by atoms with E-state index in [1.54, 1.807) is 14.0 Å². The lowest BCUT2D eigenvalue weighted by atomic mass is 9.94. The summed E-state index contributed by atoms with van der Waals surface area (Å²) in [5.41, 5.74) is 0.657. The highest BCUT2D eigenvalue weighted by Gasteiger charge is 2.42. The van der Waals surface area contributed by atoms with Crippen molar-refractivity contribution in [2.75, 3.05) is 13.7 Å². The van der Waals surface area contributed by atoms with E-state index in [0.717, 1.165) is 23.4 Å². The van der Waals surface area contributed by atoms with Crippen molar-refractivity contribution >= 4 is 11.6 Å². The Labute approximate surface area is 118 Å². The Kier molecular flexibility index (Phi) is 4.27. The highest BCUT2D eigenvalue weighted by molar-refractivity contribution is 6.07. The predicted octanol–water partition coefficient (Wildman–Crippen LogP) is 2.10. The lowest BCUT2D eigenvalue weighted by Gasteiger charge is -2.20. The van der Waals surface area contributed by atoms with Gasteiger partial charge in [-0.2, -0.15) is 0 Å². The Morgan fingerprint density at radius 3 is 2.95 bits per heavy atom. The molecule has 0 radical (unpaired) electrons. The molecule has 1 heterocycles. The van der Waals surface area contributed by atoms with Gasteiger partial charge in [-0.3, -0.25) is 4.79 Å². The molecule has 0 bridgehead atoms. The van der Waals surface area contributed by atoms with Crippen LogP contribution in [0.15, 0.2) is 29.4 Å². The SMILES string of the molecule is CCCNC(=O)[C@@]1(C)CC(c2ccccc2OC)=NO1. The van der Waals surface area contributed by atoms with E-state index in [2.05, 4.69) is 10.5 Å². The normalized spacial score (nSPS) is 21.1. The number of hydrogen-bond acceptors (Lipinski definition) is 4. The number of carbonyl (C=O) groups is 1. The Morgan fingerprint density at radius 2 is 2.25 bits per heavy atom. The summed E-state index contributed by atoms with van der Waals surface area (Å²) in [6, 6.07) is 7.58. The summed E-state index contributed by atoms with van der Waals surface area (Å²) in [5.74, 6) is 0.598. The zero-order valence-corrected chi connectivity index (χ0v) is 12.1. The van der Waals surface area contributed by atoms with Gasteiger partial charge in [0, 0.05) is 18.5 Å². The fourth-order valence-corrected chi connectivity index (χ4v) is 2.11. The third-order valence-electron chi connectivity index (χ3n) is 3.30. The van der Waals surface area contributed by atoms with Gasteiger partial charge in [0.1, 0.15) is 5.75 Å². The molecule has 20 heavy (non-hydrogen) atoms. The van der Waals surface area contributed by atoms with Crippen molar-refractivity contribution < 1.29 is 14.4 Å². The topological polar surface area (TPSA) is 59.9 Å². The summed E-state index contributed by atoms with van der Waals surface area (Å²) in [6.07, 6.45) is 1.32. The fraction of sp³-hybridized carbons (Fsp3) is 0.467. The quantitative estimate of drug-likeness (QED) is 0.896. The van der Waals surface area contributed by atoms with Crippen molar-refractivity contribution in [2.24, 2.45) is 5.16 Å². The highest BCUT2D eigenvalue weighted by Crippen LogP contribution is 2.30. The second-order valence-corrected chi connectivity index (χ2v) is 4.99. The van der Waals surface area contributed by atoms with E-state index < -0.39 is 5.60 Å². The van der Waals surface area contributed by atoms with Gasteiger partial charge >= 0.3 is 0 Å². The largest absolute Gasteiger partial charge is 0.496 e. The van der Waals surface area contributed by atoms with Gasteiger partial charge in [0.15, 0.2) is 0 Å². The van der Waals surface area contributed by atoms with Gasteiger partial charge in [0.25, 0.3) is 5.91 Å². The third kappa shape index (κ3) is 2.76. The van der Waals surface area contributed by atoms with Crippen LogP contribution < -0.4 is 10.1 Å². The number of para-hydroxylation sites is 1. The predicted molar refractivity (Wildman–Crippen MR) is 76.9 cm³/mol. The standard InChI is InChI=1S/C15H20N2O3/c1-4-9-16-14(18)15(2)10-12(17-20-15)11-7-5-6-8-13(11)19-3/h5-8H,4,9-10H2,1-3H3,(H,16,18)/t15-/m1/s1. The van der Waals surface area contributed by atoms with E-state index in [0.29, 0.717) is 13.0 Å². The Bertz CT molecular complexity index is 528. The van der Waals surface area contributed by atoms with E-state index in [1.807, 2.05) is 31.2 Å². The van der Waals surface area contributed by atoms with Crippen LogP contribution in [0, 0.1) is 0 Å². The number of methoxy groups -OCH3 is 1. The van der Waals surface area contributed by atoms with E-state index >= 15 is 0 Å². The van der Waals surface area contributed by atoms with Gasteiger partial charge in [-0.15, -0.1) is 0 Å². The minimum absolute atomic E-state index is 0.131. The van der Waals surface area contributed by atoms with Crippen LogP contribution in [0.4, 0.5) is 0 Å². The van der Waals surface area contributed by atoms with E-state index in [4.69, 9.17) is 9.57 Å². The number of hydrogen-bond donors (Lipinski definition) is 1. The summed E-state index contributed by atoms with van der Waals surface area (Å²) >= 11 is 0. The second kappa shape index (κ2) is 5.94. The number of amides is 1. The summed E-state index contributed by atoms with van der Waals surface area (Å²) in [5, 5.41) is 6.92. The molecule has 1 N–H and O–H groups in total. The Hall–Kier alpha value is -2.04. The summed E-state index contributed by atoms with van der Waals surface area (Å²) in [4.78, 5) is 17.5. The minimum atomic E-state index is -0.939. The Balaban J connectivity index is 2.13.